The summed E-state index contributed by atoms with van der Waals surface area (Å²) in [5, 5.41) is 50.1. The first kappa shape index (κ1) is 55.3. The number of phosphoric acid groups is 1. The van der Waals surface area contributed by atoms with Gasteiger partial charge in [0.2, 0.25) is 0 Å². The highest BCUT2D eigenvalue weighted by Gasteiger charge is 2.51. The van der Waals surface area contributed by atoms with Crippen LogP contribution in [0.4, 0.5) is 0 Å². The molecule has 14 heteroatoms. The number of hydrogen-bond donors (Lipinski definition) is 6. The molecule has 0 aliphatic heterocycles. The van der Waals surface area contributed by atoms with E-state index in [-0.39, 0.29) is 12.8 Å². The van der Waals surface area contributed by atoms with Crippen molar-refractivity contribution in [2.75, 3.05) is 13.2 Å². The number of unbranched alkanes of at least 4 members (excludes halogenated alkanes) is 22. The highest BCUT2D eigenvalue weighted by atomic mass is 31.2. The Morgan fingerprint density at radius 1 is 0.508 bits per heavy atom. The van der Waals surface area contributed by atoms with Gasteiger partial charge in [0.15, 0.2) is 6.10 Å². The number of aliphatic hydroxyl groups excluding tert-OH is 5. The van der Waals surface area contributed by atoms with Crippen molar-refractivity contribution in [1.82, 2.24) is 0 Å². The first-order chi connectivity index (χ1) is 28.4. The van der Waals surface area contributed by atoms with E-state index in [2.05, 4.69) is 38.2 Å². The lowest BCUT2D eigenvalue weighted by Gasteiger charge is -2.41. The topological polar surface area (TPSA) is 210 Å². The predicted octanol–water partition coefficient (Wildman–Crippen LogP) is 8.84. The molecule has 1 saturated carbocycles. The Labute approximate surface area is 356 Å². The summed E-state index contributed by atoms with van der Waals surface area (Å²) in [6.45, 7) is 3.26. The lowest BCUT2D eigenvalue weighted by molar-refractivity contribution is -0.220. The third-order valence-corrected chi connectivity index (χ3v) is 11.8. The molecule has 59 heavy (non-hydrogen) atoms. The van der Waals surface area contributed by atoms with E-state index in [4.69, 9.17) is 18.5 Å². The van der Waals surface area contributed by atoms with Crippen molar-refractivity contribution >= 4 is 19.8 Å². The number of rotatable bonds is 38. The van der Waals surface area contributed by atoms with E-state index < -0.39 is 75.7 Å². The fourth-order valence-corrected chi connectivity index (χ4v) is 7.94. The fraction of sp³-hybridized carbons (Fsp3) is 0.867. The number of phosphoric ester groups is 1. The standard InChI is InChI=1S/C45H83O13P/c1-3-5-7-9-11-13-15-17-19-21-23-25-27-29-31-33-38(46)55-35-37(36-56-59(53,54)58-45-43(51)41(49)40(48)42(50)44(45)52)57-39(47)34-32-30-28-26-24-22-20-18-16-14-12-10-8-6-4-2/h9,11,14,16,37,40-45,48-52H,3-8,10,12-13,15,17-36H2,1-2H3,(H,53,54)/b11-9+,16-14+/t37-,40?,41-,42?,43?,44?,45?/m1/s1. The molecule has 6 N–H and O–H groups in total. The zero-order chi connectivity index (χ0) is 43.6. The van der Waals surface area contributed by atoms with Gasteiger partial charge in [-0.2, -0.15) is 0 Å². The van der Waals surface area contributed by atoms with Crippen molar-refractivity contribution in [2.24, 2.45) is 0 Å². The van der Waals surface area contributed by atoms with Gasteiger partial charge in [0.25, 0.3) is 0 Å². The summed E-state index contributed by atoms with van der Waals surface area (Å²) in [4.78, 5) is 35.7. The molecule has 0 spiro atoms. The zero-order valence-electron chi connectivity index (χ0n) is 36.6. The summed E-state index contributed by atoms with van der Waals surface area (Å²) >= 11 is 0. The molecule has 0 aromatic rings. The summed E-state index contributed by atoms with van der Waals surface area (Å²) in [5.41, 5.74) is 0. The van der Waals surface area contributed by atoms with Gasteiger partial charge >= 0.3 is 19.8 Å². The molecular formula is C45H83O13P. The van der Waals surface area contributed by atoms with Gasteiger partial charge in [-0.25, -0.2) is 4.57 Å². The summed E-state index contributed by atoms with van der Waals surface area (Å²) < 4.78 is 33.5. The van der Waals surface area contributed by atoms with Gasteiger partial charge in [0.1, 0.15) is 43.2 Å². The maximum absolute atomic E-state index is 12.8. The molecule has 1 aliphatic rings. The lowest BCUT2D eigenvalue weighted by atomic mass is 9.85. The van der Waals surface area contributed by atoms with Crippen LogP contribution < -0.4 is 0 Å². The molecule has 0 saturated heterocycles. The Kier molecular flexibility index (Phi) is 33.7. The highest BCUT2D eigenvalue weighted by Crippen LogP contribution is 2.47. The number of esters is 2. The number of aliphatic hydroxyl groups is 5. The number of carbonyl (C=O) groups is 2. The number of hydrogen-bond acceptors (Lipinski definition) is 12. The quantitative estimate of drug-likeness (QED) is 0.0149. The van der Waals surface area contributed by atoms with Gasteiger partial charge in [-0.05, 0) is 57.8 Å². The second-order valence-electron chi connectivity index (χ2n) is 16.3. The molecule has 0 heterocycles. The summed E-state index contributed by atoms with van der Waals surface area (Å²) in [5.74, 6) is -1.10. The molecular weight excluding hydrogens is 779 g/mol. The number of allylic oxidation sites excluding steroid dienone is 4. The van der Waals surface area contributed by atoms with Crippen molar-refractivity contribution in [1.29, 1.82) is 0 Å². The van der Waals surface area contributed by atoms with Crippen LogP contribution in [0.1, 0.15) is 194 Å². The van der Waals surface area contributed by atoms with Gasteiger partial charge in [0, 0.05) is 12.8 Å². The Bertz CT molecular complexity index is 1130. The average molecular weight is 863 g/mol. The van der Waals surface area contributed by atoms with Gasteiger partial charge in [-0.15, -0.1) is 0 Å². The van der Waals surface area contributed by atoms with Crippen molar-refractivity contribution < 1.29 is 63.1 Å². The van der Waals surface area contributed by atoms with Crippen molar-refractivity contribution in [3.63, 3.8) is 0 Å². The van der Waals surface area contributed by atoms with Crippen LogP contribution in [-0.2, 0) is 32.7 Å². The highest BCUT2D eigenvalue weighted by molar-refractivity contribution is 7.47. The van der Waals surface area contributed by atoms with Crippen molar-refractivity contribution in [3.8, 4) is 0 Å². The predicted molar refractivity (Wildman–Crippen MR) is 230 cm³/mol. The summed E-state index contributed by atoms with van der Waals surface area (Å²) in [6.07, 6.45) is 25.1. The van der Waals surface area contributed by atoms with E-state index in [1.54, 1.807) is 0 Å². The fourth-order valence-electron chi connectivity index (χ4n) is 6.97. The molecule has 0 amide bonds. The lowest BCUT2D eigenvalue weighted by Crippen LogP contribution is -2.64. The van der Waals surface area contributed by atoms with Crippen molar-refractivity contribution in [2.45, 2.75) is 236 Å². The molecule has 0 bridgehead atoms. The van der Waals surface area contributed by atoms with E-state index in [9.17, 15) is 44.6 Å². The third-order valence-electron chi connectivity index (χ3n) is 10.8. The summed E-state index contributed by atoms with van der Waals surface area (Å²) in [7, 11) is -5.12. The second kappa shape index (κ2) is 35.9. The maximum atomic E-state index is 12.8. The van der Waals surface area contributed by atoms with Crippen LogP contribution in [0.3, 0.4) is 0 Å². The Morgan fingerprint density at radius 2 is 0.881 bits per heavy atom. The van der Waals surface area contributed by atoms with Crippen LogP contribution in [0.25, 0.3) is 0 Å². The van der Waals surface area contributed by atoms with Crippen LogP contribution in [0.15, 0.2) is 24.3 Å². The van der Waals surface area contributed by atoms with Crippen molar-refractivity contribution in [3.05, 3.63) is 24.3 Å². The maximum Gasteiger partial charge on any atom is 0.472 e. The minimum Gasteiger partial charge on any atom is -0.462 e. The first-order valence-electron chi connectivity index (χ1n) is 23.1. The molecule has 0 radical (unpaired) electrons. The largest absolute Gasteiger partial charge is 0.472 e. The van der Waals surface area contributed by atoms with Crippen LogP contribution in [0, 0.1) is 0 Å². The molecule has 1 fully saturated rings. The molecule has 0 aromatic carbocycles. The van der Waals surface area contributed by atoms with Crippen LogP contribution >= 0.6 is 7.82 Å². The van der Waals surface area contributed by atoms with Crippen LogP contribution in [0.5, 0.6) is 0 Å². The minimum atomic E-state index is -5.12. The van der Waals surface area contributed by atoms with Crippen LogP contribution in [-0.4, -0.2) is 98.3 Å². The van der Waals surface area contributed by atoms with E-state index in [1.165, 1.54) is 89.9 Å². The van der Waals surface area contributed by atoms with Crippen LogP contribution in [0.2, 0.25) is 0 Å². The van der Waals surface area contributed by atoms with E-state index in [1.807, 2.05) is 0 Å². The molecule has 1 rings (SSSR count). The first-order valence-corrected chi connectivity index (χ1v) is 24.6. The molecule has 346 valence electrons. The third kappa shape index (κ3) is 28.5. The number of ether oxygens (including phenoxy) is 2. The minimum absolute atomic E-state index is 0.0931. The normalized spacial score (nSPS) is 22.5. The van der Waals surface area contributed by atoms with Gasteiger partial charge in [-0.3, -0.25) is 18.6 Å². The molecule has 6 unspecified atom stereocenters. The Morgan fingerprint density at radius 3 is 1.34 bits per heavy atom. The second-order valence-corrected chi connectivity index (χ2v) is 17.7. The molecule has 1 aliphatic carbocycles. The van der Waals surface area contributed by atoms with Gasteiger partial charge < -0.3 is 39.9 Å². The monoisotopic (exact) mass is 863 g/mol. The summed E-state index contributed by atoms with van der Waals surface area (Å²) in [6, 6.07) is 0. The molecule has 8 atom stereocenters. The Hall–Kier alpha value is -1.67. The zero-order valence-corrected chi connectivity index (χ0v) is 37.4. The van der Waals surface area contributed by atoms with E-state index >= 15 is 0 Å². The van der Waals surface area contributed by atoms with Gasteiger partial charge in [-0.1, -0.05) is 147 Å². The Balaban J connectivity index is 2.46. The smallest absolute Gasteiger partial charge is 0.462 e. The van der Waals surface area contributed by atoms with E-state index in [0.717, 1.165) is 64.2 Å². The molecule has 0 aromatic heterocycles. The molecule has 13 nitrogen and oxygen atoms in total. The number of carbonyl (C=O) groups excluding carboxylic acids is 2. The van der Waals surface area contributed by atoms with E-state index in [0.29, 0.717) is 12.8 Å². The average Bonchev–Trinajstić information content (AvgIpc) is 3.21. The van der Waals surface area contributed by atoms with Gasteiger partial charge in [0.05, 0.1) is 6.61 Å². The SMILES string of the molecule is CCCC/C=C/CCCCCCCCCCCC(=O)OC[C@H](COP(=O)(O)OC1C(O)C(O)C(O)[C@@H](O)C1O)OC(=O)CCCCCCCCC/C=C/CCCCCC.